The second kappa shape index (κ2) is 6.80. The van der Waals surface area contributed by atoms with Gasteiger partial charge in [-0.1, -0.05) is 19.3 Å². The average Bonchev–Trinajstić information content (AvgIpc) is 2.64. The molecule has 0 spiro atoms. The summed E-state index contributed by atoms with van der Waals surface area (Å²) in [6.45, 7) is 0.613. The maximum absolute atomic E-state index is 14.0. The van der Waals surface area contributed by atoms with Crippen molar-refractivity contribution in [2.24, 2.45) is 17.6 Å². The molecule has 2 rings (SSSR count). The van der Waals surface area contributed by atoms with Gasteiger partial charge in [-0.25, -0.2) is 8.78 Å². The molecule has 0 radical (unpaired) electrons. The van der Waals surface area contributed by atoms with Crippen molar-refractivity contribution in [1.82, 2.24) is 0 Å². The molecule has 1 aliphatic carbocycles. The van der Waals surface area contributed by atoms with Crippen LogP contribution in [-0.2, 0) is 6.42 Å². The fraction of sp³-hybridized carbons (Fsp3) is 0.600. The first kappa shape index (κ1) is 14.9. The van der Waals surface area contributed by atoms with E-state index in [1.54, 1.807) is 0 Å². The summed E-state index contributed by atoms with van der Waals surface area (Å²) >= 11 is 3.13. The normalized spacial score (nSPS) is 24.2. The molecule has 1 nitrogen and oxygen atoms in total. The quantitative estimate of drug-likeness (QED) is 0.643. The van der Waals surface area contributed by atoms with Crippen molar-refractivity contribution in [2.75, 3.05) is 6.54 Å². The Hall–Kier alpha value is -0.480. The van der Waals surface area contributed by atoms with Gasteiger partial charge < -0.3 is 5.73 Å². The average molecular weight is 332 g/mol. The third kappa shape index (κ3) is 3.54. The number of hydrogen-bond acceptors (Lipinski definition) is 1. The van der Waals surface area contributed by atoms with Gasteiger partial charge in [0.25, 0.3) is 0 Å². The Kier molecular flexibility index (Phi) is 5.34. The van der Waals surface area contributed by atoms with Gasteiger partial charge in [0.2, 0.25) is 0 Å². The standard InChI is InChI=1S/C15H20BrF2N/c16-13-6-7-14(17)12(15(13)18)8-10-4-2-1-3-5-11(10)9-19/h6-7,10-11H,1-5,8-9,19H2. The monoisotopic (exact) mass is 331 g/mol. The van der Waals surface area contributed by atoms with Gasteiger partial charge in [0.1, 0.15) is 11.6 Å². The summed E-state index contributed by atoms with van der Waals surface area (Å²) in [6, 6.07) is 2.75. The Morgan fingerprint density at radius 2 is 1.79 bits per heavy atom. The smallest absolute Gasteiger partial charge is 0.143 e. The second-order valence-corrected chi connectivity index (χ2v) is 6.27. The summed E-state index contributed by atoms with van der Waals surface area (Å²) in [5.41, 5.74) is 6.03. The lowest BCUT2D eigenvalue weighted by atomic mass is 9.83. The van der Waals surface area contributed by atoms with E-state index in [9.17, 15) is 8.78 Å². The highest BCUT2D eigenvalue weighted by atomic mass is 79.9. The third-order valence-corrected chi connectivity index (χ3v) is 4.84. The minimum absolute atomic E-state index is 0.208. The van der Waals surface area contributed by atoms with Crippen molar-refractivity contribution in [3.8, 4) is 0 Å². The lowest BCUT2D eigenvalue weighted by Crippen LogP contribution is -2.25. The Morgan fingerprint density at radius 3 is 2.47 bits per heavy atom. The van der Waals surface area contributed by atoms with Crippen LogP contribution >= 0.6 is 15.9 Å². The molecule has 0 saturated heterocycles. The Labute approximate surface area is 121 Å². The van der Waals surface area contributed by atoms with Crippen LogP contribution in [0, 0.1) is 23.5 Å². The molecule has 19 heavy (non-hydrogen) atoms. The molecule has 4 heteroatoms. The highest BCUT2D eigenvalue weighted by Gasteiger charge is 2.25. The van der Waals surface area contributed by atoms with Crippen LogP contribution in [0.2, 0.25) is 0 Å². The lowest BCUT2D eigenvalue weighted by molar-refractivity contribution is 0.311. The summed E-state index contributed by atoms with van der Waals surface area (Å²) in [5, 5.41) is 0. The van der Waals surface area contributed by atoms with Gasteiger partial charge in [0, 0.05) is 5.56 Å². The maximum Gasteiger partial charge on any atom is 0.143 e. The Balaban J connectivity index is 2.21. The number of hydrogen-bond donors (Lipinski definition) is 1. The minimum Gasteiger partial charge on any atom is -0.330 e. The maximum atomic E-state index is 14.0. The van der Waals surface area contributed by atoms with Crippen molar-refractivity contribution in [3.05, 3.63) is 33.8 Å². The molecule has 1 fully saturated rings. The number of halogens is 3. The van der Waals surface area contributed by atoms with Gasteiger partial charge in [-0.05, 0) is 65.7 Å². The van der Waals surface area contributed by atoms with Crippen LogP contribution < -0.4 is 5.73 Å². The van der Waals surface area contributed by atoms with Gasteiger partial charge in [0.05, 0.1) is 4.47 Å². The van der Waals surface area contributed by atoms with Crippen molar-refractivity contribution >= 4 is 15.9 Å². The third-order valence-electron chi connectivity index (χ3n) is 4.22. The molecule has 2 unspecified atom stereocenters. The van der Waals surface area contributed by atoms with E-state index in [1.807, 2.05) is 0 Å². The molecule has 0 bridgehead atoms. The first-order valence-electron chi connectivity index (χ1n) is 6.96. The fourth-order valence-electron chi connectivity index (χ4n) is 3.06. The molecule has 106 valence electrons. The SMILES string of the molecule is NCC1CCCCCC1Cc1c(F)ccc(Br)c1F. The predicted molar refractivity (Wildman–Crippen MR) is 76.9 cm³/mol. The molecule has 1 aromatic rings. The summed E-state index contributed by atoms with van der Waals surface area (Å²) in [5.74, 6) is -0.216. The molecule has 0 heterocycles. The number of nitrogens with two attached hydrogens (primary N) is 1. The molecule has 2 N–H and O–H groups in total. The topological polar surface area (TPSA) is 26.0 Å². The summed E-state index contributed by atoms with van der Waals surface area (Å²) in [4.78, 5) is 0. The van der Waals surface area contributed by atoms with Crippen molar-refractivity contribution < 1.29 is 8.78 Å². The van der Waals surface area contributed by atoms with Crippen molar-refractivity contribution in [3.63, 3.8) is 0 Å². The van der Waals surface area contributed by atoms with E-state index < -0.39 is 11.6 Å². The van der Waals surface area contributed by atoms with Crippen LogP contribution in [0.1, 0.15) is 37.7 Å². The molecule has 2 atom stereocenters. The minimum atomic E-state index is -0.458. The van der Waals surface area contributed by atoms with E-state index in [-0.39, 0.29) is 5.56 Å². The van der Waals surface area contributed by atoms with E-state index in [0.29, 0.717) is 29.3 Å². The van der Waals surface area contributed by atoms with Crippen LogP contribution in [0.4, 0.5) is 8.78 Å². The first-order valence-corrected chi connectivity index (χ1v) is 7.75. The van der Waals surface area contributed by atoms with Gasteiger partial charge in [0.15, 0.2) is 0 Å². The van der Waals surface area contributed by atoms with Gasteiger partial charge >= 0.3 is 0 Å². The predicted octanol–water partition coefficient (Wildman–Crippen LogP) is 4.43. The van der Waals surface area contributed by atoms with Crippen LogP contribution in [0.3, 0.4) is 0 Å². The van der Waals surface area contributed by atoms with Crippen LogP contribution in [-0.4, -0.2) is 6.54 Å². The molecule has 0 aliphatic heterocycles. The van der Waals surface area contributed by atoms with E-state index in [2.05, 4.69) is 15.9 Å². The lowest BCUT2D eigenvalue weighted by Gasteiger charge is -2.24. The summed E-state index contributed by atoms with van der Waals surface area (Å²) in [6.07, 6.45) is 6.08. The Morgan fingerprint density at radius 1 is 1.11 bits per heavy atom. The zero-order valence-electron chi connectivity index (χ0n) is 11.0. The summed E-state index contributed by atoms with van der Waals surface area (Å²) < 4.78 is 28.2. The van der Waals surface area contributed by atoms with Crippen molar-refractivity contribution in [1.29, 1.82) is 0 Å². The molecule has 0 amide bonds. The zero-order valence-corrected chi connectivity index (χ0v) is 12.6. The van der Waals surface area contributed by atoms with E-state index in [0.717, 1.165) is 19.3 Å². The zero-order chi connectivity index (χ0) is 13.8. The Bertz CT molecular complexity index is 436. The highest BCUT2D eigenvalue weighted by molar-refractivity contribution is 9.10. The van der Waals surface area contributed by atoms with Gasteiger partial charge in [-0.3, -0.25) is 0 Å². The highest BCUT2D eigenvalue weighted by Crippen LogP contribution is 2.33. The molecule has 1 aromatic carbocycles. The fourth-order valence-corrected chi connectivity index (χ4v) is 3.43. The van der Waals surface area contributed by atoms with E-state index in [1.165, 1.54) is 25.0 Å². The molecular weight excluding hydrogens is 312 g/mol. The first-order chi connectivity index (χ1) is 9.13. The van der Waals surface area contributed by atoms with Crippen LogP contribution in [0.25, 0.3) is 0 Å². The van der Waals surface area contributed by atoms with Crippen LogP contribution in [0.5, 0.6) is 0 Å². The van der Waals surface area contributed by atoms with Gasteiger partial charge in [-0.2, -0.15) is 0 Å². The number of benzene rings is 1. The van der Waals surface area contributed by atoms with Crippen LogP contribution in [0.15, 0.2) is 16.6 Å². The number of rotatable bonds is 3. The second-order valence-electron chi connectivity index (χ2n) is 5.42. The van der Waals surface area contributed by atoms with E-state index in [4.69, 9.17) is 5.73 Å². The summed E-state index contributed by atoms with van der Waals surface area (Å²) in [7, 11) is 0. The van der Waals surface area contributed by atoms with E-state index >= 15 is 0 Å². The molecule has 0 aromatic heterocycles. The van der Waals surface area contributed by atoms with Gasteiger partial charge in [-0.15, -0.1) is 0 Å². The molecular formula is C15H20BrF2N. The molecule has 1 aliphatic rings. The molecule has 1 saturated carbocycles. The largest absolute Gasteiger partial charge is 0.330 e. The van der Waals surface area contributed by atoms with Crippen molar-refractivity contribution in [2.45, 2.75) is 38.5 Å².